The zero-order chi connectivity index (χ0) is 38.2. The first kappa shape index (κ1) is 49.5. The number of phosphoric acid groups is 1. The van der Waals surface area contributed by atoms with E-state index in [1.165, 1.54) is 6.42 Å². The summed E-state index contributed by atoms with van der Waals surface area (Å²) in [6, 6.07) is 0. The first-order valence-electron chi connectivity index (χ1n) is 19.9. The van der Waals surface area contributed by atoms with Crippen LogP contribution >= 0.6 is 7.82 Å². The molecule has 3 N–H and O–H groups in total. The van der Waals surface area contributed by atoms with E-state index in [-0.39, 0.29) is 32.6 Å². The number of hydrogen-bond acceptors (Lipinski definition) is 8. The summed E-state index contributed by atoms with van der Waals surface area (Å²) in [7, 11) is -4.38. The van der Waals surface area contributed by atoms with Gasteiger partial charge in [0.2, 0.25) is 0 Å². The number of carbonyl (C=O) groups excluding carboxylic acids is 2. The van der Waals surface area contributed by atoms with Crippen molar-refractivity contribution in [2.24, 2.45) is 5.73 Å². The van der Waals surface area contributed by atoms with Crippen molar-refractivity contribution < 1.29 is 37.6 Å². The van der Waals surface area contributed by atoms with Gasteiger partial charge in [-0.3, -0.25) is 18.6 Å². The molecule has 2 atom stereocenters. The van der Waals surface area contributed by atoms with Crippen molar-refractivity contribution in [1.29, 1.82) is 0 Å². The lowest BCUT2D eigenvalue weighted by Gasteiger charge is -2.19. The molecule has 2 unspecified atom stereocenters. The summed E-state index contributed by atoms with van der Waals surface area (Å²) in [4.78, 5) is 34.7. The van der Waals surface area contributed by atoms with E-state index >= 15 is 0 Å². The second kappa shape index (κ2) is 38.2. The number of allylic oxidation sites excluding steroid dienone is 12. The van der Waals surface area contributed by atoms with Gasteiger partial charge in [0.15, 0.2) is 6.10 Å². The SMILES string of the molecule is CC/C=C\C/C=C\C/C=C\C/C=C\C/C=C\CCCCCCCC(=O)OC(COC(=O)CCCCCCC/C=C\CCC)COP(=O)(O)OCCN. The van der Waals surface area contributed by atoms with Crippen molar-refractivity contribution in [2.45, 2.75) is 155 Å². The molecule has 0 aliphatic carbocycles. The third-order valence-electron chi connectivity index (χ3n) is 7.81. The molecule has 298 valence electrons. The minimum Gasteiger partial charge on any atom is -0.462 e. The second-order valence-corrected chi connectivity index (χ2v) is 14.2. The Morgan fingerprint density at radius 1 is 0.596 bits per heavy atom. The van der Waals surface area contributed by atoms with Crippen molar-refractivity contribution >= 4 is 19.8 Å². The Hall–Kier alpha value is -2.55. The molecule has 0 radical (unpaired) electrons. The molecule has 0 heterocycles. The Labute approximate surface area is 316 Å². The molecular formula is C42H72NO8P. The van der Waals surface area contributed by atoms with Gasteiger partial charge < -0.3 is 20.1 Å². The number of esters is 2. The fraction of sp³-hybridized carbons (Fsp3) is 0.667. The highest BCUT2D eigenvalue weighted by Gasteiger charge is 2.25. The lowest BCUT2D eigenvalue weighted by atomic mass is 10.1. The molecule has 0 aromatic heterocycles. The highest BCUT2D eigenvalue weighted by molar-refractivity contribution is 7.47. The number of carbonyl (C=O) groups is 2. The van der Waals surface area contributed by atoms with Crippen LogP contribution in [0.1, 0.15) is 149 Å². The van der Waals surface area contributed by atoms with Crippen molar-refractivity contribution in [3.05, 3.63) is 72.9 Å². The topological polar surface area (TPSA) is 134 Å². The first-order valence-corrected chi connectivity index (χ1v) is 21.4. The van der Waals surface area contributed by atoms with Gasteiger partial charge in [-0.25, -0.2) is 4.57 Å². The average molecular weight is 750 g/mol. The summed E-state index contributed by atoms with van der Waals surface area (Å²) in [5, 5.41) is 0. The molecule has 52 heavy (non-hydrogen) atoms. The summed E-state index contributed by atoms with van der Waals surface area (Å²) in [6.45, 7) is 3.49. The van der Waals surface area contributed by atoms with Gasteiger partial charge in [-0.2, -0.15) is 0 Å². The Morgan fingerprint density at radius 2 is 1.06 bits per heavy atom. The molecule has 0 spiro atoms. The van der Waals surface area contributed by atoms with E-state index in [1.54, 1.807) is 0 Å². The van der Waals surface area contributed by atoms with Crippen LogP contribution in [-0.4, -0.2) is 49.3 Å². The molecule has 0 aliphatic rings. The van der Waals surface area contributed by atoms with Crippen molar-refractivity contribution in [3.63, 3.8) is 0 Å². The van der Waals surface area contributed by atoms with E-state index in [9.17, 15) is 19.0 Å². The van der Waals surface area contributed by atoms with Gasteiger partial charge in [0.1, 0.15) is 6.61 Å². The number of phosphoric ester groups is 1. The van der Waals surface area contributed by atoms with Crippen LogP contribution in [0, 0.1) is 0 Å². The zero-order valence-electron chi connectivity index (χ0n) is 32.5. The molecule has 0 rings (SSSR count). The Kier molecular flexibility index (Phi) is 36.3. The number of unbranched alkanes of at least 4 members (excludes halogenated alkanes) is 11. The van der Waals surface area contributed by atoms with Gasteiger partial charge in [-0.1, -0.05) is 132 Å². The largest absolute Gasteiger partial charge is 0.472 e. The number of rotatable bonds is 36. The van der Waals surface area contributed by atoms with Crippen LogP contribution in [0.15, 0.2) is 72.9 Å². The van der Waals surface area contributed by atoms with E-state index in [4.69, 9.17) is 24.3 Å². The normalized spacial score (nSPS) is 14.2. The molecule has 0 fully saturated rings. The molecule has 9 nitrogen and oxygen atoms in total. The van der Waals surface area contributed by atoms with E-state index in [0.717, 1.165) is 103 Å². The summed E-state index contributed by atoms with van der Waals surface area (Å²) in [5.41, 5.74) is 5.33. The maximum absolute atomic E-state index is 12.5. The predicted octanol–water partition coefficient (Wildman–Crippen LogP) is 11.1. The lowest BCUT2D eigenvalue weighted by molar-refractivity contribution is -0.161. The standard InChI is InChI=1S/C42H72NO8P/c1-3-5-7-9-11-13-15-16-17-18-19-20-21-22-23-24-25-27-29-31-33-35-42(45)51-40(39-50-52(46,47)49-37-36-43)38-48-41(44)34-32-30-28-26-14-12-10-8-6-4-2/h5,7-8,10-11,13,16-17,19-20,22-23,40H,3-4,6,9,12,14-15,18,21,24-39,43H2,1-2H3,(H,46,47)/b7-5-,10-8-,13-11-,17-16-,20-19-,23-22-. The lowest BCUT2D eigenvalue weighted by Crippen LogP contribution is -2.29. The summed E-state index contributed by atoms with van der Waals surface area (Å²) in [5.74, 6) is -0.872. The number of nitrogens with two attached hydrogens (primary N) is 1. The molecule has 0 saturated carbocycles. The van der Waals surface area contributed by atoms with E-state index in [0.29, 0.717) is 12.8 Å². The van der Waals surface area contributed by atoms with E-state index in [2.05, 4.69) is 86.8 Å². The molecule has 0 aromatic rings. The van der Waals surface area contributed by atoms with Gasteiger partial charge in [-0.05, 0) is 77.0 Å². The third-order valence-corrected chi connectivity index (χ3v) is 8.79. The fourth-order valence-corrected chi connectivity index (χ4v) is 5.66. The van der Waals surface area contributed by atoms with Gasteiger partial charge in [-0.15, -0.1) is 0 Å². The van der Waals surface area contributed by atoms with E-state index < -0.39 is 32.5 Å². The minimum atomic E-state index is -4.38. The minimum absolute atomic E-state index is 0.0450. The maximum atomic E-state index is 12.5. The van der Waals surface area contributed by atoms with Crippen LogP contribution in [0.2, 0.25) is 0 Å². The molecule has 0 aliphatic heterocycles. The predicted molar refractivity (Wildman–Crippen MR) is 215 cm³/mol. The number of hydrogen-bond donors (Lipinski definition) is 2. The third kappa shape index (κ3) is 37.2. The monoisotopic (exact) mass is 749 g/mol. The van der Waals surface area contributed by atoms with Crippen LogP contribution in [0.25, 0.3) is 0 Å². The second-order valence-electron chi connectivity index (χ2n) is 12.8. The van der Waals surface area contributed by atoms with E-state index in [1.807, 2.05) is 0 Å². The van der Waals surface area contributed by atoms with Crippen LogP contribution in [0.4, 0.5) is 0 Å². The maximum Gasteiger partial charge on any atom is 0.472 e. The first-order chi connectivity index (χ1) is 25.3. The van der Waals surface area contributed by atoms with Crippen LogP contribution in [0.3, 0.4) is 0 Å². The average Bonchev–Trinajstić information content (AvgIpc) is 3.13. The molecule has 0 bridgehead atoms. The highest BCUT2D eigenvalue weighted by atomic mass is 31.2. The quantitative estimate of drug-likeness (QED) is 0.0278. The smallest absolute Gasteiger partial charge is 0.462 e. The van der Waals surface area contributed by atoms with Crippen molar-refractivity contribution in [3.8, 4) is 0 Å². The Morgan fingerprint density at radius 3 is 1.60 bits per heavy atom. The Balaban J connectivity index is 4.23. The summed E-state index contributed by atoms with van der Waals surface area (Å²) >= 11 is 0. The summed E-state index contributed by atoms with van der Waals surface area (Å²) < 4.78 is 32.6. The summed E-state index contributed by atoms with van der Waals surface area (Å²) in [6.07, 6.45) is 45.1. The molecule has 0 saturated heterocycles. The molecule has 0 aromatic carbocycles. The van der Waals surface area contributed by atoms with Crippen molar-refractivity contribution in [1.82, 2.24) is 0 Å². The van der Waals surface area contributed by atoms with Gasteiger partial charge in [0.05, 0.1) is 13.2 Å². The Bertz CT molecular complexity index is 1080. The molecule has 10 heteroatoms. The van der Waals surface area contributed by atoms with Crippen LogP contribution < -0.4 is 5.73 Å². The zero-order valence-corrected chi connectivity index (χ0v) is 33.4. The van der Waals surface area contributed by atoms with Crippen LogP contribution in [-0.2, 0) is 32.7 Å². The fourth-order valence-electron chi connectivity index (χ4n) is 4.90. The highest BCUT2D eigenvalue weighted by Crippen LogP contribution is 2.43. The van der Waals surface area contributed by atoms with Crippen molar-refractivity contribution in [2.75, 3.05) is 26.4 Å². The molecular weight excluding hydrogens is 677 g/mol. The van der Waals surface area contributed by atoms with Gasteiger partial charge in [0.25, 0.3) is 0 Å². The van der Waals surface area contributed by atoms with Gasteiger partial charge in [0, 0.05) is 19.4 Å². The van der Waals surface area contributed by atoms with Crippen LogP contribution in [0.5, 0.6) is 0 Å². The number of ether oxygens (including phenoxy) is 2. The van der Waals surface area contributed by atoms with Gasteiger partial charge >= 0.3 is 19.8 Å². The molecule has 0 amide bonds.